The maximum atomic E-state index is 14.1. The van der Waals surface area contributed by atoms with Crippen LogP contribution in [0.3, 0.4) is 0 Å². The lowest BCUT2D eigenvalue weighted by molar-refractivity contribution is -0.119. The first-order valence-corrected chi connectivity index (χ1v) is 9.18. The summed E-state index contributed by atoms with van der Waals surface area (Å²) < 4.78 is 16.2. The van der Waals surface area contributed by atoms with Crippen LogP contribution in [0.4, 0.5) is 4.39 Å². The van der Waals surface area contributed by atoms with E-state index in [9.17, 15) is 19.1 Å². The molecule has 1 atom stereocenters. The number of halogens is 2. The van der Waals surface area contributed by atoms with Crippen molar-refractivity contribution in [1.82, 2.24) is 4.57 Å². The van der Waals surface area contributed by atoms with Gasteiger partial charge in [-0.3, -0.25) is 14.2 Å². The number of nitrogens with two attached hydrogens (primary N) is 1. The molecule has 3 aromatic rings. The van der Waals surface area contributed by atoms with Crippen molar-refractivity contribution in [2.45, 2.75) is 26.2 Å². The number of benzene rings is 2. The molecular formula is C20H18BrFN2O3. The van der Waals surface area contributed by atoms with Gasteiger partial charge in [-0.15, -0.1) is 0 Å². The van der Waals surface area contributed by atoms with Gasteiger partial charge in [-0.25, -0.2) is 4.39 Å². The second-order valence-corrected chi connectivity index (χ2v) is 7.25. The van der Waals surface area contributed by atoms with Crippen molar-refractivity contribution in [3.05, 3.63) is 63.5 Å². The molecule has 1 aromatic heterocycles. The smallest absolute Gasteiger partial charge is 0.262 e. The highest BCUT2D eigenvalue weighted by Crippen LogP contribution is 2.37. The third-order valence-corrected chi connectivity index (χ3v) is 5.24. The molecule has 0 aliphatic rings. The molecule has 0 aliphatic heterocycles. The van der Waals surface area contributed by atoms with Crippen molar-refractivity contribution >= 4 is 38.6 Å². The highest BCUT2D eigenvalue weighted by atomic mass is 79.9. The number of nitrogens with zero attached hydrogens (tertiary/aromatic N) is 1. The van der Waals surface area contributed by atoms with Crippen LogP contribution in [0.1, 0.15) is 40.9 Å². The number of phenols is 1. The van der Waals surface area contributed by atoms with Gasteiger partial charge in [0.05, 0.1) is 11.4 Å². The first-order valence-electron chi connectivity index (χ1n) is 8.39. The minimum absolute atomic E-state index is 0.283. The van der Waals surface area contributed by atoms with E-state index in [1.807, 2.05) is 0 Å². The van der Waals surface area contributed by atoms with Gasteiger partial charge in [0.1, 0.15) is 0 Å². The minimum atomic E-state index is -0.844. The quantitative estimate of drug-likeness (QED) is 0.646. The summed E-state index contributed by atoms with van der Waals surface area (Å²) >= 11 is 3.32. The van der Waals surface area contributed by atoms with Gasteiger partial charge in [-0.2, -0.15) is 0 Å². The summed E-state index contributed by atoms with van der Waals surface area (Å²) in [4.78, 5) is 25.1. The fraction of sp³-hybridized carbons (Fsp3) is 0.200. The van der Waals surface area contributed by atoms with E-state index in [1.165, 1.54) is 10.6 Å². The SMILES string of the molecule is CCC(C(N)=O)c1c(C)n(C(=O)c2ccc(Br)cc2)c2cc(F)c(O)cc12. The first kappa shape index (κ1) is 19.1. The average molecular weight is 433 g/mol. The Bertz CT molecular complexity index is 1060. The van der Waals surface area contributed by atoms with Crippen molar-refractivity contribution < 1.29 is 19.1 Å². The highest BCUT2D eigenvalue weighted by Gasteiger charge is 2.28. The molecule has 0 bridgehead atoms. The van der Waals surface area contributed by atoms with Crippen molar-refractivity contribution in [2.75, 3.05) is 0 Å². The van der Waals surface area contributed by atoms with Gasteiger partial charge in [0.15, 0.2) is 11.6 Å². The van der Waals surface area contributed by atoms with E-state index in [-0.39, 0.29) is 11.4 Å². The maximum Gasteiger partial charge on any atom is 0.262 e. The van der Waals surface area contributed by atoms with Gasteiger partial charge in [-0.05, 0) is 49.2 Å². The molecule has 7 heteroatoms. The van der Waals surface area contributed by atoms with E-state index in [4.69, 9.17) is 5.73 Å². The monoisotopic (exact) mass is 432 g/mol. The van der Waals surface area contributed by atoms with Crippen LogP contribution in [-0.2, 0) is 4.79 Å². The largest absolute Gasteiger partial charge is 0.505 e. The predicted octanol–water partition coefficient (Wildman–Crippen LogP) is 4.22. The summed E-state index contributed by atoms with van der Waals surface area (Å²) in [5, 5.41) is 10.3. The van der Waals surface area contributed by atoms with Gasteiger partial charge in [0.2, 0.25) is 5.91 Å². The Morgan fingerprint density at radius 1 is 1.26 bits per heavy atom. The fourth-order valence-corrected chi connectivity index (χ4v) is 3.68. The van der Waals surface area contributed by atoms with Crippen molar-refractivity contribution in [3.63, 3.8) is 0 Å². The standard InChI is InChI=1S/C20H18BrFN2O3/c1-3-13(19(23)26)18-10(2)24(16-9-15(22)17(25)8-14(16)18)20(27)11-4-6-12(21)7-5-11/h4-9,13,25H,3H2,1-2H3,(H2,23,26). The van der Waals surface area contributed by atoms with E-state index >= 15 is 0 Å². The molecule has 0 fully saturated rings. The van der Waals surface area contributed by atoms with Gasteiger partial charge in [-0.1, -0.05) is 22.9 Å². The molecule has 0 radical (unpaired) electrons. The lowest BCUT2D eigenvalue weighted by Crippen LogP contribution is -2.22. The fourth-order valence-electron chi connectivity index (χ4n) is 3.42. The van der Waals surface area contributed by atoms with Crippen molar-refractivity contribution in [1.29, 1.82) is 0 Å². The molecule has 2 aromatic carbocycles. The molecule has 1 unspecified atom stereocenters. The molecule has 3 N–H and O–H groups in total. The second kappa shape index (κ2) is 7.15. The van der Waals surface area contributed by atoms with Crippen LogP contribution < -0.4 is 5.73 Å². The van der Waals surface area contributed by atoms with Gasteiger partial charge in [0.25, 0.3) is 5.91 Å². The average Bonchev–Trinajstić information content (AvgIpc) is 2.88. The normalized spacial score (nSPS) is 12.3. The van der Waals surface area contributed by atoms with Crippen LogP contribution >= 0.6 is 15.9 Å². The molecule has 27 heavy (non-hydrogen) atoms. The summed E-state index contributed by atoms with van der Waals surface area (Å²) in [5.41, 5.74) is 7.26. The zero-order valence-electron chi connectivity index (χ0n) is 14.8. The van der Waals surface area contributed by atoms with E-state index in [0.717, 1.165) is 10.5 Å². The second-order valence-electron chi connectivity index (χ2n) is 6.33. The maximum absolute atomic E-state index is 14.1. The third kappa shape index (κ3) is 3.23. The number of carbonyl (C=O) groups is 2. The molecular weight excluding hydrogens is 415 g/mol. The number of amides is 1. The number of carbonyl (C=O) groups excluding carboxylic acids is 2. The Labute approximate surface area is 163 Å². The Balaban J connectivity index is 2.34. The Morgan fingerprint density at radius 2 is 1.89 bits per heavy atom. The molecule has 140 valence electrons. The first-order chi connectivity index (χ1) is 12.8. The van der Waals surface area contributed by atoms with Crippen LogP contribution in [0.2, 0.25) is 0 Å². The molecule has 0 saturated carbocycles. The number of aromatic nitrogens is 1. The van der Waals surface area contributed by atoms with Crippen LogP contribution in [-0.4, -0.2) is 21.5 Å². The molecule has 1 amide bonds. The van der Waals surface area contributed by atoms with E-state index in [0.29, 0.717) is 28.6 Å². The molecule has 1 heterocycles. The van der Waals surface area contributed by atoms with E-state index in [1.54, 1.807) is 38.1 Å². The summed E-state index contributed by atoms with van der Waals surface area (Å²) in [5.74, 6) is -2.95. The van der Waals surface area contributed by atoms with Crippen molar-refractivity contribution in [2.24, 2.45) is 5.73 Å². The number of fused-ring (bicyclic) bond motifs is 1. The minimum Gasteiger partial charge on any atom is -0.505 e. The molecule has 0 spiro atoms. The van der Waals surface area contributed by atoms with E-state index in [2.05, 4.69) is 15.9 Å². The number of phenolic OH excluding ortho intramolecular Hbond substituents is 1. The summed E-state index contributed by atoms with van der Waals surface area (Å²) in [6.07, 6.45) is 0.417. The summed E-state index contributed by atoms with van der Waals surface area (Å²) in [6, 6.07) is 9.12. The number of aromatic hydroxyl groups is 1. The van der Waals surface area contributed by atoms with Crippen LogP contribution in [0.15, 0.2) is 40.9 Å². The van der Waals surface area contributed by atoms with Gasteiger partial charge < -0.3 is 10.8 Å². The number of hydrogen-bond donors (Lipinski definition) is 2. The van der Waals surface area contributed by atoms with Crippen LogP contribution in [0.25, 0.3) is 10.9 Å². The summed E-state index contributed by atoms with van der Waals surface area (Å²) in [6.45, 7) is 3.49. The highest BCUT2D eigenvalue weighted by molar-refractivity contribution is 9.10. The molecule has 3 rings (SSSR count). The topological polar surface area (TPSA) is 85.3 Å². The van der Waals surface area contributed by atoms with Gasteiger partial charge in [0, 0.05) is 27.2 Å². The van der Waals surface area contributed by atoms with E-state index < -0.39 is 23.4 Å². The molecule has 0 saturated heterocycles. The van der Waals surface area contributed by atoms with Crippen LogP contribution in [0.5, 0.6) is 5.75 Å². The number of primary amides is 1. The van der Waals surface area contributed by atoms with Gasteiger partial charge >= 0.3 is 0 Å². The molecule has 0 aliphatic carbocycles. The van der Waals surface area contributed by atoms with Crippen LogP contribution in [0, 0.1) is 12.7 Å². The predicted molar refractivity (Wildman–Crippen MR) is 104 cm³/mol. The Kier molecular flexibility index (Phi) is 5.06. The number of rotatable bonds is 4. The zero-order valence-corrected chi connectivity index (χ0v) is 16.4. The lowest BCUT2D eigenvalue weighted by atomic mass is 9.93. The Morgan fingerprint density at radius 3 is 2.44 bits per heavy atom. The number of hydrogen-bond acceptors (Lipinski definition) is 3. The van der Waals surface area contributed by atoms with Crippen molar-refractivity contribution in [3.8, 4) is 5.75 Å². The molecule has 5 nitrogen and oxygen atoms in total. The lowest BCUT2D eigenvalue weighted by Gasteiger charge is -2.12. The Hall–Kier alpha value is -2.67. The zero-order chi connectivity index (χ0) is 19.9. The third-order valence-electron chi connectivity index (χ3n) is 4.72. The summed E-state index contributed by atoms with van der Waals surface area (Å²) in [7, 11) is 0.